The Labute approximate surface area is 68.3 Å². The molecule has 0 fully saturated rings. The van der Waals surface area contributed by atoms with E-state index in [0.29, 0.717) is 0 Å². The SMILES string of the molecule is CCCCOP(OC)SC. The third-order valence-corrected chi connectivity index (χ3v) is 3.64. The van der Waals surface area contributed by atoms with Gasteiger partial charge in [0.1, 0.15) is 0 Å². The maximum Gasteiger partial charge on any atom is 0.237 e. The Morgan fingerprint density at radius 2 is 2.20 bits per heavy atom. The van der Waals surface area contributed by atoms with Crippen LogP contribution in [0, 0.1) is 0 Å². The Morgan fingerprint density at radius 3 is 2.60 bits per heavy atom. The molecule has 1 atom stereocenters. The summed E-state index contributed by atoms with van der Waals surface area (Å²) in [5, 5.41) is 0. The molecule has 0 rings (SSSR count). The minimum Gasteiger partial charge on any atom is -0.329 e. The van der Waals surface area contributed by atoms with Gasteiger partial charge in [-0.15, -0.1) is 0 Å². The molecular weight excluding hydrogens is 167 g/mol. The molecule has 0 spiro atoms. The van der Waals surface area contributed by atoms with Gasteiger partial charge >= 0.3 is 0 Å². The van der Waals surface area contributed by atoms with Crippen molar-refractivity contribution in [1.82, 2.24) is 0 Å². The lowest BCUT2D eigenvalue weighted by Gasteiger charge is -2.10. The van der Waals surface area contributed by atoms with Gasteiger partial charge < -0.3 is 9.05 Å². The van der Waals surface area contributed by atoms with E-state index in [1.165, 1.54) is 6.42 Å². The van der Waals surface area contributed by atoms with Gasteiger partial charge in [-0.3, -0.25) is 0 Å². The second kappa shape index (κ2) is 7.80. The Kier molecular flexibility index (Phi) is 8.35. The van der Waals surface area contributed by atoms with Gasteiger partial charge in [-0.2, -0.15) is 0 Å². The van der Waals surface area contributed by atoms with E-state index in [2.05, 4.69) is 6.92 Å². The van der Waals surface area contributed by atoms with Crippen molar-refractivity contribution in [2.45, 2.75) is 19.8 Å². The summed E-state index contributed by atoms with van der Waals surface area (Å²) in [6.45, 7) is 2.98. The number of unbranched alkanes of at least 4 members (excludes halogenated alkanes) is 1. The molecule has 0 saturated carbocycles. The van der Waals surface area contributed by atoms with Crippen LogP contribution in [0.25, 0.3) is 0 Å². The molecule has 0 amide bonds. The fraction of sp³-hybridized carbons (Fsp3) is 1.00. The third kappa shape index (κ3) is 5.48. The summed E-state index contributed by atoms with van der Waals surface area (Å²) in [7, 11) is 1.04. The van der Waals surface area contributed by atoms with Crippen LogP contribution in [0.4, 0.5) is 0 Å². The van der Waals surface area contributed by atoms with Gasteiger partial charge in [0.15, 0.2) is 0 Å². The minimum atomic E-state index is -0.651. The predicted octanol–water partition coefficient (Wildman–Crippen LogP) is 3.04. The fourth-order valence-electron chi connectivity index (χ4n) is 0.463. The van der Waals surface area contributed by atoms with E-state index in [1.807, 2.05) is 6.26 Å². The average Bonchev–Trinajstić information content (AvgIpc) is 1.99. The van der Waals surface area contributed by atoms with Gasteiger partial charge in [0.05, 0.1) is 6.61 Å². The molecule has 0 aromatic rings. The maximum absolute atomic E-state index is 5.39. The molecule has 0 N–H and O–H groups in total. The highest BCUT2D eigenvalue weighted by atomic mass is 32.7. The van der Waals surface area contributed by atoms with Crippen LogP contribution in [0.5, 0.6) is 0 Å². The van der Waals surface area contributed by atoms with Crippen molar-refractivity contribution in [1.29, 1.82) is 0 Å². The summed E-state index contributed by atoms with van der Waals surface area (Å²) in [5.41, 5.74) is 0. The van der Waals surface area contributed by atoms with Crippen molar-refractivity contribution >= 4 is 19.0 Å². The van der Waals surface area contributed by atoms with Crippen molar-refractivity contribution in [3.8, 4) is 0 Å². The summed E-state index contributed by atoms with van der Waals surface area (Å²) in [6.07, 6.45) is 4.31. The van der Waals surface area contributed by atoms with Gasteiger partial charge in [0.25, 0.3) is 0 Å². The highest BCUT2D eigenvalue weighted by Gasteiger charge is 2.03. The highest BCUT2D eigenvalue weighted by Crippen LogP contribution is 2.49. The van der Waals surface area contributed by atoms with Crippen LogP contribution < -0.4 is 0 Å². The molecule has 0 heterocycles. The second-order valence-corrected chi connectivity index (χ2v) is 5.20. The minimum absolute atomic E-state index is 0.651. The number of rotatable bonds is 6. The lowest BCUT2D eigenvalue weighted by atomic mass is 10.4. The van der Waals surface area contributed by atoms with Crippen LogP contribution in [0.1, 0.15) is 19.8 Å². The van der Waals surface area contributed by atoms with Crippen LogP contribution >= 0.6 is 19.0 Å². The Hall–Kier alpha value is 0.700. The maximum atomic E-state index is 5.39. The van der Waals surface area contributed by atoms with E-state index in [9.17, 15) is 0 Å². The summed E-state index contributed by atoms with van der Waals surface area (Å²) in [5.74, 6) is 0. The topological polar surface area (TPSA) is 18.5 Å². The van der Waals surface area contributed by atoms with Crippen LogP contribution in [-0.4, -0.2) is 20.0 Å². The van der Waals surface area contributed by atoms with Gasteiger partial charge in [0, 0.05) is 7.11 Å². The zero-order valence-corrected chi connectivity index (χ0v) is 8.50. The Balaban J connectivity index is 3.09. The van der Waals surface area contributed by atoms with E-state index in [1.54, 1.807) is 18.5 Å². The first-order valence-corrected chi connectivity index (χ1v) is 6.37. The van der Waals surface area contributed by atoms with Crippen LogP contribution in [0.2, 0.25) is 0 Å². The van der Waals surface area contributed by atoms with E-state index in [0.717, 1.165) is 13.0 Å². The smallest absolute Gasteiger partial charge is 0.237 e. The first-order chi connectivity index (χ1) is 4.85. The lowest BCUT2D eigenvalue weighted by molar-refractivity contribution is 0.291. The molecule has 0 aromatic heterocycles. The molecule has 10 heavy (non-hydrogen) atoms. The predicted molar refractivity (Wildman–Crippen MR) is 48.3 cm³/mol. The monoisotopic (exact) mass is 182 g/mol. The normalized spacial score (nSPS) is 13.5. The zero-order chi connectivity index (χ0) is 7.82. The summed E-state index contributed by atoms with van der Waals surface area (Å²) >= 11 is 1.64. The molecule has 2 nitrogen and oxygen atoms in total. The molecular formula is C6H15O2PS. The lowest BCUT2D eigenvalue weighted by Crippen LogP contribution is -1.87. The zero-order valence-electron chi connectivity index (χ0n) is 6.79. The van der Waals surface area contributed by atoms with Gasteiger partial charge in [-0.05, 0) is 12.7 Å². The molecule has 0 bridgehead atoms. The molecule has 4 heteroatoms. The van der Waals surface area contributed by atoms with Crippen LogP contribution in [-0.2, 0) is 9.05 Å². The van der Waals surface area contributed by atoms with Gasteiger partial charge in [-0.1, -0.05) is 24.7 Å². The van der Waals surface area contributed by atoms with Crippen LogP contribution in [0.3, 0.4) is 0 Å². The molecule has 0 aromatic carbocycles. The van der Waals surface area contributed by atoms with Crippen molar-refractivity contribution < 1.29 is 9.05 Å². The van der Waals surface area contributed by atoms with Crippen LogP contribution in [0.15, 0.2) is 0 Å². The summed E-state index contributed by atoms with van der Waals surface area (Å²) in [4.78, 5) is 0. The summed E-state index contributed by atoms with van der Waals surface area (Å²) in [6, 6.07) is 0. The summed E-state index contributed by atoms with van der Waals surface area (Å²) < 4.78 is 10.4. The third-order valence-electron chi connectivity index (χ3n) is 0.993. The van der Waals surface area contributed by atoms with Crippen molar-refractivity contribution in [3.63, 3.8) is 0 Å². The first kappa shape index (κ1) is 10.7. The van der Waals surface area contributed by atoms with E-state index >= 15 is 0 Å². The average molecular weight is 182 g/mol. The van der Waals surface area contributed by atoms with E-state index < -0.39 is 7.58 Å². The van der Waals surface area contributed by atoms with Gasteiger partial charge in [-0.25, -0.2) is 0 Å². The Morgan fingerprint density at radius 1 is 1.50 bits per heavy atom. The molecule has 0 radical (unpaired) electrons. The quantitative estimate of drug-likeness (QED) is 0.464. The largest absolute Gasteiger partial charge is 0.329 e. The molecule has 0 aliphatic carbocycles. The standard InChI is InChI=1S/C6H15O2PS/c1-4-5-6-8-9(7-2)10-3/h4-6H2,1-3H3. The van der Waals surface area contributed by atoms with Crippen molar-refractivity contribution in [3.05, 3.63) is 0 Å². The Bertz CT molecular complexity index is 68.8. The first-order valence-electron chi connectivity index (χ1n) is 3.36. The fourth-order valence-corrected chi connectivity index (χ4v) is 2.09. The second-order valence-electron chi connectivity index (χ2n) is 1.78. The molecule has 0 aliphatic heterocycles. The highest BCUT2D eigenvalue weighted by molar-refractivity contribution is 8.52. The number of hydrogen-bond acceptors (Lipinski definition) is 3. The molecule has 0 saturated heterocycles. The molecule has 0 aliphatic rings. The van der Waals surface area contributed by atoms with E-state index in [-0.39, 0.29) is 0 Å². The molecule has 62 valence electrons. The van der Waals surface area contributed by atoms with Crippen molar-refractivity contribution in [2.75, 3.05) is 20.0 Å². The van der Waals surface area contributed by atoms with Gasteiger partial charge in [0.2, 0.25) is 7.58 Å². The molecule has 1 unspecified atom stereocenters. The number of hydrogen-bond donors (Lipinski definition) is 0. The van der Waals surface area contributed by atoms with Crippen molar-refractivity contribution in [2.24, 2.45) is 0 Å². The van der Waals surface area contributed by atoms with E-state index in [4.69, 9.17) is 9.05 Å².